The Morgan fingerprint density at radius 2 is 2.04 bits per heavy atom. The summed E-state index contributed by atoms with van der Waals surface area (Å²) in [5, 5.41) is 2.88. The maximum atomic E-state index is 12.3. The van der Waals surface area contributed by atoms with Gasteiger partial charge in [-0.15, -0.1) is 24.8 Å². The largest absolute Gasteiger partial charge is 0.492 e. The molecule has 1 aliphatic heterocycles. The normalized spacial score (nSPS) is 15.7. The zero-order chi connectivity index (χ0) is 16.7. The fourth-order valence-corrected chi connectivity index (χ4v) is 2.52. The molecule has 0 aromatic heterocycles. The lowest BCUT2D eigenvalue weighted by Gasteiger charge is -2.26. The highest BCUT2D eigenvalue weighted by Crippen LogP contribution is 2.21. The van der Waals surface area contributed by atoms with Crippen LogP contribution < -0.4 is 15.8 Å². The smallest absolute Gasteiger partial charge is 0.241 e. The Labute approximate surface area is 162 Å². The van der Waals surface area contributed by atoms with E-state index in [0.717, 1.165) is 25.1 Å². The molecule has 144 valence electrons. The second kappa shape index (κ2) is 12.3. The third-order valence-electron chi connectivity index (χ3n) is 3.99. The molecule has 1 aromatic rings. The van der Waals surface area contributed by atoms with E-state index >= 15 is 0 Å². The Morgan fingerprint density at radius 3 is 2.68 bits per heavy atom. The van der Waals surface area contributed by atoms with Crippen LogP contribution in [0.5, 0.6) is 5.75 Å². The number of likely N-dealkylation sites (N-methyl/N-ethyl adjacent to an activating group) is 1. The van der Waals surface area contributed by atoms with E-state index < -0.39 is 6.04 Å². The van der Waals surface area contributed by atoms with Gasteiger partial charge in [-0.2, -0.15) is 0 Å². The summed E-state index contributed by atoms with van der Waals surface area (Å²) in [6, 6.07) is 6.90. The predicted molar refractivity (Wildman–Crippen MR) is 105 cm³/mol. The van der Waals surface area contributed by atoms with Crippen molar-refractivity contribution in [3.63, 3.8) is 0 Å². The summed E-state index contributed by atoms with van der Waals surface area (Å²) in [7, 11) is 4.00. The quantitative estimate of drug-likeness (QED) is 0.741. The van der Waals surface area contributed by atoms with Crippen molar-refractivity contribution in [2.24, 2.45) is 11.7 Å². The monoisotopic (exact) mass is 393 g/mol. The maximum Gasteiger partial charge on any atom is 0.241 e. The number of hydrogen-bond donors (Lipinski definition) is 2. The van der Waals surface area contributed by atoms with Gasteiger partial charge in [0.15, 0.2) is 0 Å². The molecule has 1 atom stereocenters. The molecule has 1 heterocycles. The van der Waals surface area contributed by atoms with Gasteiger partial charge in [0.2, 0.25) is 5.91 Å². The van der Waals surface area contributed by atoms with Gasteiger partial charge in [-0.25, -0.2) is 0 Å². The van der Waals surface area contributed by atoms with Gasteiger partial charge in [-0.1, -0.05) is 6.07 Å². The zero-order valence-electron chi connectivity index (χ0n) is 14.8. The van der Waals surface area contributed by atoms with Crippen molar-refractivity contribution in [1.82, 2.24) is 4.90 Å². The third-order valence-corrected chi connectivity index (χ3v) is 3.99. The van der Waals surface area contributed by atoms with E-state index in [-0.39, 0.29) is 36.6 Å². The van der Waals surface area contributed by atoms with Crippen LogP contribution in [0.15, 0.2) is 24.3 Å². The number of ether oxygens (including phenoxy) is 2. The van der Waals surface area contributed by atoms with Crippen LogP contribution in [0.3, 0.4) is 0 Å². The Morgan fingerprint density at radius 1 is 1.36 bits per heavy atom. The summed E-state index contributed by atoms with van der Waals surface area (Å²) in [6.45, 7) is 2.80. The second-order valence-corrected chi connectivity index (χ2v) is 6.14. The minimum Gasteiger partial charge on any atom is -0.492 e. The van der Waals surface area contributed by atoms with Crippen LogP contribution in [0.25, 0.3) is 0 Å². The first-order valence-corrected chi connectivity index (χ1v) is 8.08. The molecule has 3 N–H and O–H groups in total. The summed E-state index contributed by atoms with van der Waals surface area (Å²) in [6.07, 6.45) is 1.67. The minimum absolute atomic E-state index is 0. The number of nitrogens with one attached hydrogen (secondary N) is 1. The van der Waals surface area contributed by atoms with Crippen molar-refractivity contribution in [1.29, 1.82) is 0 Å². The molecule has 2 rings (SSSR count). The Kier molecular flexibility index (Phi) is 11.8. The highest BCUT2D eigenvalue weighted by molar-refractivity contribution is 5.95. The molecule has 0 radical (unpaired) electrons. The second-order valence-electron chi connectivity index (χ2n) is 6.14. The Balaban J connectivity index is 0.00000288. The van der Waals surface area contributed by atoms with Crippen LogP contribution in [-0.4, -0.2) is 57.3 Å². The van der Waals surface area contributed by atoms with Gasteiger partial charge in [0.1, 0.15) is 12.4 Å². The molecule has 1 amide bonds. The van der Waals surface area contributed by atoms with E-state index in [2.05, 4.69) is 10.2 Å². The van der Waals surface area contributed by atoms with Crippen molar-refractivity contribution in [3.8, 4) is 5.75 Å². The molecule has 6 nitrogen and oxygen atoms in total. The number of anilines is 1. The number of carbonyl (C=O) groups is 1. The lowest BCUT2D eigenvalue weighted by atomic mass is 9.92. The van der Waals surface area contributed by atoms with E-state index in [1.807, 2.05) is 38.4 Å². The van der Waals surface area contributed by atoms with Crippen molar-refractivity contribution >= 4 is 36.4 Å². The van der Waals surface area contributed by atoms with Crippen LogP contribution >= 0.6 is 24.8 Å². The number of amides is 1. The molecule has 1 aromatic carbocycles. The van der Waals surface area contributed by atoms with E-state index in [0.29, 0.717) is 25.5 Å². The third kappa shape index (κ3) is 8.25. The molecule has 0 bridgehead atoms. The average Bonchev–Trinajstić information content (AvgIpc) is 2.55. The molecule has 1 unspecified atom stereocenters. The minimum atomic E-state index is -0.503. The van der Waals surface area contributed by atoms with Gasteiger partial charge in [0, 0.05) is 31.5 Å². The van der Waals surface area contributed by atoms with E-state index in [1.54, 1.807) is 0 Å². The van der Waals surface area contributed by atoms with Crippen LogP contribution in [0, 0.1) is 5.92 Å². The van der Waals surface area contributed by atoms with Crippen molar-refractivity contribution < 1.29 is 14.3 Å². The van der Waals surface area contributed by atoms with Gasteiger partial charge in [0.05, 0.1) is 6.04 Å². The van der Waals surface area contributed by atoms with Crippen molar-refractivity contribution in [3.05, 3.63) is 24.3 Å². The highest BCUT2D eigenvalue weighted by Gasteiger charge is 2.26. The molecule has 0 saturated carbocycles. The molecule has 1 fully saturated rings. The summed E-state index contributed by atoms with van der Waals surface area (Å²) >= 11 is 0. The SMILES string of the molecule is CN(C)CCOc1cccc(NC(=O)C(N)C2CCOCC2)c1.Cl.Cl. The number of halogens is 2. The lowest BCUT2D eigenvalue weighted by molar-refractivity contribution is -0.119. The lowest BCUT2D eigenvalue weighted by Crippen LogP contribution is -2.44. The Bertz CT molecular complexity index is 512. The standard InChI is InChI=1S/C17H27N3O3.2ClH/c1-20(2)8-11-23-15-5-3-4-14(12-15)19-17(21)16(18)13-6-9-22-10-7-13;;/h3-5,12-13,16H,6-11,18H2,1-2H3,(H,19,21);2*1H. The summed E-state index contributed by atoms with van der Waals surface area (Å²) < 4.78 is 11.0. The predicted octanol–water partition coefficient (Wildman–Crippen LogP) is 2.16. The Hall–Kier alpha value is -1.05. The number of benzene rings is 1. The van der Waals surface area contributed by atoms with Gasteiger partial charge in [-0.3, -0.25) is 4.79 Å². The van der Waals surface area contributed by atoms with Gasteiger partial charge < -0.3 is 25.4 Å². The molecule has 1 saturated heterocycles. The summed E-state index contributed by atoms with van der Waals surface area (Å²) in [5.74, 6) is 0.773. The van der Waals surface area contributed by atoms with Crippen LogP contribution in [-0.2, 0) is 9.53 Å². The van der Waals surface area contributed by atoms with Crippen molar-refractivity contribution in [2.45, 2.75) is 18.9 Å². The zero-order valence-corrected chi connectivity index (χ0v) is 16.4. The number of rotatable bonds is 7. The molecule has 0 aliphatic carbocycles. The fraction of sp³-hybridized carbons (Fsp3) is 0.588. The van der Waals surface area contributed by atoms with Gasteiger partial charge >= 0.3 is 0 Å². The topological polar surface area (TPSA) is 76.8 Å². The molecule has 25 heavy (non-hydrogen) atoms. The molecule has 0 spiro atoms. The number of hydrogen-bond acceptors (Lipinski definition) is 5. The molecule has 1 aliphatic rings. The number of carbonyl (C=O) groups excluding carboxylic acids is 1. The van der Waals surface area contributed by atoms with Crippen LogP contribution in [0.1, 0.15) is 12.8 Å². The van der Waals surface area contributed by atoms with E-state index in [9.17, 15) is 4.79 Å². The first-order valence-electron chi connectivity index (χ1n) is 8.08. The fourth-order valence-electron chi connectivity index (χ4n) is 2.52. The first kappa shape index (κ1) is 23.9. The molecule has 8 heteroatoms. The average molecular weight is 394 g/mol. The number of nitrogens with zero attached hydrogens (tertiary/aromatic N) is 1. The summed E-state index contributed by atoms with van der Waals surface area (Å²) in [5.41, 5.74) is 6.80. The maximum absolute atomic E-state index is 12.3. The van der Waals surface area contributed by atoms with Crippen LogP contribution in [0.4, 0.5) is 5.69 Å². The van der Waals surface area contributed by atoms with Crippen LogP contribution in [0.2, 0.25) is 0 Å². The highest BCUT2D eigenvalue weighted by atomic mass is 35.5. The summed E-state index contributed by atoms with van der Waals surface area (Å²) in [4.78, 5) is 14.4. The number of nitrogens with two attached hydrogens (primary N) is 1. The van der Waals surface area contributed by atoms with Gasteiger partial charge in [0.25, 0.3) is 0 Å². The van der Waals surface area contributed by atoms with Gasteiger partial charge in [-0.05, 0) is 45.0 Å². The van der Waals surface area contributed by atoms with E-state index in [1.165, 1.54) is 0 Å². The van der Waals surface area contributed by atoms with E-state index in [4.69, 9.17) is 15.2 Å². The molecular weight excluding hydrogens is 365 g/mol. The van der Waals surface area contributed by atoms with Crippen molar-refractivity contribution in [2.75, 3.05) is 45.8 Å². The molecular formula is C17H29Cl2N3O3. The first-order chi connectivity index (χ1) is 11.1.